The number of hydrogen-bond acceptors (Lipinski definition) is 7. The smallest absolute Gasteiger partial charge is 0.273 e. The third kappa shape index (κ3) is 4.33. The summed E-state index contributed by atoms with van der Waals surface area (Å²) in [6.07, 6.45) is 5.09. The van der Waals surface area contributed by atoms with E-state index >= 15 is 0 Å². The molecule has 0 amide bonds. The van der Waals surface area contributed by atoms with Gasteiger partial charge in [-0.15, -0.1) is 5.10 Å². The first-order valence-electron chi connectivity index (χ1n) is 11.8. The van der Waals surface area contributed by atoms with Gasteiger partial charge in [0, 0.05) is 43.2 Å². The molecule has 180 valence electrons. The number of benzene rings is 1. The van der Waals surface area contributed by atoms with Crippen molar-refractivity contribution in [2.75, 3.05) is 32.8 Å². The first kappa shape index (κ1) is 22.6. The molecule has 1 aromatic heterocycles. The Bertz CT molecular complexity index is 1200. The predicted molar refractivity (Wildman–Crippen MR) is 129 cm³/mol. The Balaban J connectivity index is 1.14. The van der Waals surface area contributed by atoms with Gasteiger partial charge in [-0.2, -0.15) is 0 Å². The van der Waals surface area contributed by atoms with Crippen molar-refractivity contribution in [3.05, 3.63) is 70.5 Å². The van der Waals surface area contributed by atoms with Crippen LogP contribution in [0.5, 0.6) is 0 Å². The molecule has 3 aliphatic rings. The Morgan fingerprint density at radius 3 is 2.82 bits per heavy atom. The van der Waals surface area contributed by atoms with Crippen molar-refractivity contribution in [3.8, 4) is 0 Å². The van der Waals surface area contributed by atoms with E-state index in [1.807, 2.05) is 0 Å². The summed E-state index contributed by atoms with van der Waals surface area (Å²) in [5, 5.41) is 8.16. The van der Waals surface area contributed by atoms with Crippen molar-refractivity contribution in [2.45, 2.75) is 37.5 Å². The standard InChI is InChI=1S/C25H30FN5O3/c1-2-3-21-25(29-27)34-19(15-33-21)12-28-18-8-10-30(11-9-18)13-17-14-31-22(32)7-5-16-4-6-20(26)23(17)24(16)31/h2-7,17-19,28H,1,8-15,27H2/b21-3+,29-25+/t17?,19-/m0/s1. The van der Waals surface area contributed by atoms with Crippen molar-refractivity contribution >= 4 is 16.8 Å². The second kappa shape index (κ2) is 9.60. The second-order valence-corrected chi connectivity index (χ2v) is 9.11. The van der Waals surface area contributed by atoms with Crippen LogP contribution in [-0.4, -0.2) is 60.3 Å². The van der Waals surface area contributed by atoms with Crippen LogP contribution in [0.25, 0.3) is 10.9 Å². The van der Waals surface area contributed by atoms with E-state index in [1.54, 1.807) is 34.9 Å². The van der Waals surface area contributed by atoms with Gasteiger partial charge in [0.2, 0.25) is 0 Å². The number of nitrogens with zero attached hydrogens (tertiary/aromatic N) is 3. The van der Waals surface area contributed by atoms with Crippen molar-refractivity contribution in [1.82, 2.24) is 14.8 Å². The lowest BCUT2D eigenvalue weighted by molar-refractivity contribution is 0.0439. The van der Waals surface area contributed by atoms with Gasteiger partial charge in [-0.05, 0) is 55.6 Å². The molecule has 2 aromatic rings. The Hall–Kier alpha value is -3.17. The largest absolute Gasteiger partial charge is 0.484 e. The highest BCUT2D eigenvalue weighted by Crippen LogP contribution is 2.35. The molecule has 2 atom stereocenters. The zero-order valence-electron chi connectivity index (χ0n) is 19.1. The van der Waals surface area contributed by atoms with Crippen molar-refractivity contribution in [1.29, 1.82) is 0 Å². The van der Waals surface area contributed by atoms with Gasteiger partial charge in [0.15, 0.2) is 5.76 Å². The molecular formula is C25H30FN5O3. The van der Waals surface area contributed by atoms with Crippen LogP contribution in [0.15, 0.2) is 58.7 Å². The van der Waals surface area contributed by atoms with Gasteiger partial charge in [0.25, 0.3) is 11.5 Å². The van der Waals surface area contributed by atoms with Crippen LogP contribution < -0.4 is 16.7 Å². The maximum absolute atomic E-state index is 14.8. The molecule has 0 aliphatic carbocycles. The molecular weight excluding hydrogens is 437 g/mol. The summed E-state index contributed by atoms with van der Waals surface area (Å²) in [6, 6.07) is 7.00. The molecule has 5 rings (SSSR count). The van der Waals surface area contributed by atoms with Gasteiger partial charge < -0.3 is 30.1 Å². The molecule has 3 aliphatic heterocycles. The number of likely N-dealkylation sites (tertiary alicyclic amines) is 1. The fourth-order valence-corrected chi connectivity index (χ4v) is 5.27. The number of ether oxygens (including phenoxy) is 2. The van der Waals surface area contributed by atoms with E-state index in [2.05, 4.69) is 21.9 Å². The lowest BCUT2D eigenvalue weighted by Gasteiger charge is -2.35. The van der Waals surface area contributed by atoms with Gasteiger partial charge in [-0.25, -0.2) is 4.39 Å². The van der Waals surface area contributed by atoms with Crippen molar-refractivity contribution in [3.63, 3.8) is 0 Å². The quantitative estimate of drug-likeness (QED) is 0.499. The predicted octanol–water partition coefficient (Wildman–Crippen LogP) is 2.05. The van der Waals surface area contributed by atoms with Crippen LogP contribution in [0.3, 0.4) is 0 Å². The summed E-state index contributed by atoms with van der Waals surface area (Å²) in [6.45, 7) is 7.83. The minimum absolute atomic E-state index is 0.0112. The molecule has 2 saturated heterocycles. The fourth-order valence-electron chi connectivity index (χ4n) is 5.27. The van der Waals surface area contributed by atoms with Gasteiger partial charge in [-0.1, -0.05) is 12.7 Å². The third-order valence-corrected chi connectivity index (χ3v) is 6.95. The lowest BCUT2D eigenvalue weighted by Crippen LogP contribution is -2.47. The van der Waals surface area contributed by atoms with Crippen LogP contribution in [-0.2, 0) is 16.0 Å². The topological polar surface area (TPSA) is 94.1 Å². The number of hydrogen-bond donors (Lipinski definition) is 2. The van der Waals surface area contributed by atoms with Gasteiger partial charge in [0.1, 0.15) is 18.5 Å². The monoisotopic (exact) mass is 467 g/mol. The highest BCUT2D eigenvalue weighted by molar-refractivity contribution is 5.92. The summed E-state index contributed by atoms with van der Waals surface area (Å²) in [5.74, 6) is 5.96. The second-order valence-electron chi connectivity index (χ2n) is 9.11. The van der Waals surface area contributed by atoms with E-state index in [-0.39, 0.29) is 29.3 Å². The van der Waals surface area contributed by atoms with Crippen LogP contribution in [0.2, 0.25) is 0 Å². The SMILES string of the molecule is C=C/C=C1/OC[C@H](CNC2CCN(CC3Cn4c(=O)ccc5ccc(F)c3c54)CC2)O/C1=N/N. The number of nitrogens with one attached hydrogen (secondary N) is 1. The summed E-state index contributed by atoms with van der Waals surface area (Å²) in [5.41, 5.74) is 1.39. The number of pyridine rings is 1. The van der Waals surface area contributed by atoms with Crippen molar-refractivity contribution in [2.24, 2.45) is 10.9 Å². The van der Waals surface area contributed by atoms with Gasteiger partial charge >= 0.3 is 0 Å². The van der Waals surface area contributed by atoms with E-state index < -0.39 is 0 Å². The number of halogens is 1. The first-order chi connectivity index (χ1) is 16.6. The zero-order chi connectivity index (χ0) is 23.7. The first-order valence-corrected chi connectivity index (χ1v) is 11.8. The molecule has 1 unspecified atom stereocenters. The van der Waals surface area contributed by atoms with Crippen LogP contribution >= 0.6 is 0 Å². The fraction of sp³-hybridized carbons (Fsp3) is 0.440. The molecule has 0 bridgehead atoms. The highest BCUT2D eigenvalue weighted by Gasteiger charge is 2.31. The minimum Gasteiger partial charge on any atom is -0.484 e. The number of nitrogens with two attached hydrogens (primary N) is 1. The maximum Gasteiger partial charge on any atom is 0.273 e. The van der Waals surface area contributed by atoms with E-state index in [0.717, 1.165) is 43.4 Å². The van der Waals surface area contributed by atoms with Crippen molar-refractivity contribution < 1.29 is 13.9 Å². The lowest BCUT2D eigenvalue weighted by atomic mass is 9.97. The Morgan fingerprint density at radius 1 is 1.26 bits per heavy atom. The van der Waals surface area contributed by atoms with Crippen LogP contribution in [0, 0.1) is 5.82 Å². The van der Waals surface area contributed by atoms with E-state index in [9.17, 15) is 9.18 Å². The Kier molecular flexibility index (Phi) is 6.38. The molecule has 34 heavy (non-hydrogen) atoms. The maximum atomic E-state index is 14.8. The van der Waals surface area contributed by atoms with Crippen LogP contribution in [0.1, 0.15) is 24.3 Å². The van der Waals surface area contributed by atoms with E-state index in [0.29, 0.717) is 37.1 Å². The number of rotatable bonds is 6. The normalized spacial score (nSPS) is 25.6. The third-order valence-electron chi connectivity index (χ3n) is 6.95. The Labute approximate surface area is 197 Å². The number of allylic oxidation sites excluding steroid dienone is 2. The summed E-state index contributed by atoms with van der Waals surface area (Å²) >= 11 is 0. The number of hydrazone groups is 1. The summed E-state index contributed by atoms with van der Waals surface area (Å²) in [4.78, 5) is 14.7. The average molecular weight is 468 g/mol. The van der Waals surface area contributed by atoms with Gasteiger partial charge in [0.05, 0.1) is 5.52 Å². The molecule has 1 aromatic carbocycles. The molecule has 4 heterocycles. The molecule has 0 spiro atoms. The highest BCUT2D eigenvalue weighted by atomic mass is 19.1. The zero-order valence-corrected chi connectivity index (χ0v) is 19.1. The summed E-state index contributed by atoms with van der Waals surface area (Å²) < 4.78 is 28.0. The average Bonchev–Trinajstić information content (AvgIpc) is 3.24. The number of aromatic nitrogens is 1. The Morgan fingerprint density at radius 2 is 2.06 bits per heavy atom. The molecule has 0 radical (unpaired) electrons. The minimum atomic E-state index is -0.216. The number of piperidine rings is 1. The van der Waals surface area contributed by atoms with Gasteiger partial charge in [-0.3, -0.25) is 4.79 Å². The molecule has 2 fully saturated rings. The summed E-state index contributed by atoms with van der Waals surface area (Å²) in [7, 11) is 0. The molecule has 0 saturated carbocycles. The molecule has 9 heteroatoms. The molecule has 8 nitrogen and oxygen atoms in total. The van der Waals surface area contributed by atoms with E-state index in [1.165, 1.54) is 6.07 Å². The molecule has 3 N–H and O–H groups in total. The van der Waals surface area contributed by atoms with Crippen LogP contribution in [0.4, 0.5) is 4.39 Å². The van der Waals surface area contributed by atoms with E-state index in [4.69, 9.17) is 15.3 Å².